The van der Waals surface area contributed by atoms with Crippen LogP contribution in [0.3, 0.4) is 0 Å². The van der Waals surface area contributed by atoms with Gasteiger partial charge in [-0.15, -0.1) is 0 Å². The normalized spacial score (nSPS) is 19.6. The molecule has 0 amide bonds. The molecule has 0 heterocycles. The molecule has 0 aliphatic heterocycles. The van der Waals surface area contributed by atoms with Gasteiger partial charge in [0, 0.05) is 35.4 Å². The number of rotatable bonds is 18. The maximum absolute atomic E-state index is 13.5. The SMILES string of the molecule is C=CC(=O)OCCCCCCOc1ccc(OC(=O)C2CCC(C(=O)Oc3cc(/C=N/NC)c(OC(=O)C4CCC(C=O)CC4)c4ccccc34)CC2)cc1. The van der Waals surface area contributed by atoms with Crippen molar-refractivity contribution in [2.24, 2.45) is 28.8 Å². The Labute approximate surface area is 321 Å². The summed E-state index contributed by atoms with van der Waals surface area (Å²) in [7, 11) is 1.65. The Morgan fingerprint density at radius 3 is 1.91 bits per heavy atom. The molecular formula is C43H50N2O10. The van der Waals surface area contributed by atoms with Crippen molar-refractivity contribution in [2.75, 3.05) is 20.3 Å². The van der Waals surface area contributed by atoms with Gasteiger partial charge in [-0.2, -0.15) is 5.10 Å². The summed E-state index contributed by atoms with van der Waals surface area (Å²) in [6.45, 7) is 4.31. The lowest BCUT2D eigenvalue weighted by Crippen LogP contribution is -2.30. The Bertz CT molecular complexity index is 1820. The summed E-state index contributed by atoms with van der Waals surface area (Å²) in [4.78, 5) is 62.1. The third-order valence-corrected chi connectivity index (χ3v) is 10.2. The zero-order valence-electron chi connectivity index (χ0n) is 31.4. The first-order chi connectivity index (χ1) is 26.8. The standard InChI is InChI=1S/C43H50N2O10/c1-3-39(47)52-25-9-5-4-8-24-51-34-20-22-35(23-21-34)53-41(48)31-16-18-32(19-17-31)42(49)54-38-26-33(27-45-44-2)40(37-11-7-6-10-36(37)38)55-43(50)30-14-12-29(28-46)13-15-30/h3,6-7,10-11,20-23,26-32,44H,1,4-5,8-9,12-19,24-25H2,2H3/b45-27+. The van der Waals surface area contributed by atoms with Gasteiger partial charge < -0.3 is 33.9 Å². The van der Waals surface area contributed by atoms with Crippen molar-refractivity contribution in [2.45, 2.75) is 77.0 Å². The molecule has 0 radical (unpaired) electrons. The fraction of sp³-hybridized carbons (Fsp3) is 0.442. The first-order valence-electron chi connectivity index (χ1n) is 19.2. The Morgan fingerprint density at radius 1 is 0.727 bits per heavy atom. The van der Waals surface area contributed by atoms with E-state index in [1.807, 2.05) is 24.3 Å². The maximum atomic E-state index is 13.5. The van der Waals surface area contributed by atoms with Crippen LogP contribution in [0.15, 0.2) is 72.4 Å². The van der Waals surface area contributed by atoms with Crippen molar-refractivity contribution in [3.8, 4) is 23.0 Å². The molecule has 2 fully saturated rings. The Morgan fingerprint density at radius 2 is 1.29 bits per heavy atom. The van der Waals surface area contributed by atoms with Crippen LogP contribution >= 0.6 is 0 Å². The summed E-state index contributed by atoms with van der Waals surface area (Å²) in [5.74, 6) is -0.807. The number of aldehydes is 1. The van der Waals surface area contributed by atoms with Crippen LogP contribution in [-0.4, -0.2) is 56.6 Å². The lowest BCUT2D eigenvalue weighted by atomic mass is 9.82. The average Bonchev–Trinajstić information content (AvgIpc) is 3.22. The van der Waals surface area contributed by atoms with E-state index in [1.54, 1.807) is 37.4 Å². The lowest BCUT2D eigenvalue weighted by molar-refractivity contribution is -0.145. The third kappa shape index (κ3) is 11.7. The van der Waals surface area contributed by atoms with Crippen molar-refractivity contribution in [1.29, 1.82) is 0 Å². The highest BCUT2D eigenvalue weighted by Gasteiger charge is 2.33. The van der Waals surface area contributed by atoms with E-state index in [0.29, 0.717) is 104 Å². The van der Waals surface area contributed by atoms with Crippen LogP contribution in [0.1, 0.15) is 82.6 Å². The predicted octanol–water partition coefficient (Wildman–Crippen LogP) is 7.29. The van der Waals surface area contributed by atoms with Crippen molar-refractivity contribution >= 4 is 47.2 Å². The summed E-state index contributed by atoms with van der Waals surface area (Å²) >= 11 is 0. The fourth-order valence-electron chi connectivity index (χ4n) is 6.98. The number of fused-ring (bicyclic) bond motifs is 1. The first-order valence-corrected chi connectivity index (χ1v) is 19.2. The van der Waals surface area contributed by atoms with Crippen LogP contribution in [0.2, 0.25) is 0 Å². The molecule has 12 heteroatoms. The van der Waals surface area contributed by atoms with Gasteiger partial charge in [0.15, 0.2) is 0 Å². The van der Waals surface area contributed by atoms with Gasteiger partial charge in [0.2, 0.25) is 0 Å². The molecule has 3 aromatic rings. The van der Waals surface area contributed by atoms with E-state index in [0.717, 1.165) is 38.0 Å². The van der Waals surface area contributed by atoms with Gasteiger partial charge in [0.25, 0.3) is 0 Å². The number of ether oxygens (including phenoxy) is 5. The molecule has 2 aliphatic carbocycles. The molecule has 0 bridgehead atoms. The number of carbonyl (C=O) groups is 5. The van der Waals surface area contributed by atoms with Crippen LogP contribution in [0.5, 0.6) is 23.0 Å². The van der Waals surface area contributed by atoms with E-state index >= 15 is 0 Å². The second-order valence-electron chi connectivity index (χ2n) is 14.0. The van der Waals surface area contributed by atoms with Crippen LogP contribution in [-0.2, 0) is 28.7 Å². The average molecular weight is 755 g/mol. The Hall–Kier alpha value is -5.52. The number of benzene rings is 3. The molecule has 2 aliphatic rings. The van der Waals surface area contributed by atoms with E-state index in [1.165, 1.54) is 6.21 Å². The number of carbonyl (C=O) groups excluding carboxylic acids is 5. The third-order valence-electron chi connectivity index (χ3n) is 10.2. The Kier molecular flexibility index (Phi) is 15.4. The summed E-state index contributed by atoms with van der Waals surface area (Å²) in [5.41, 5.74) is 3.18. The van der Waals surface area contributed by atoms with Crippen molar-refractivity contribution in [3.63, 3.8) is 0 Å². The van der Waals surface area contributed by atoms with Crippen LogP contribution in [0.25, 0.3) is 10.8 Å². The summed E-state index contributed by atoms with van der Waals surface area (Å²) in [6.07, 6.45) is 11.6. The van der Waals surface area contributed by atoms with Crippen molar-refractivity contribution in [3.05, 3.63) is 72.8 Å². The monoisotopic (exact) mass is 754 g/mol. The molecule has 3 aromatic carbocycles. The van der Waals surface area contributed by atoms with Gasteiger partial charge in [-0.05, 0) is 107 Å². The summed E-state index contributed by atoms with van der Waals surface area (Å²) in [6, 6.07) is 15.9. The van der Waals surface area contributed by atoms with Gasteiger partial charge in [0.05, 0.1) is 37.2 Å². The van der Waals surface area contributed by atoms with Crippen molar-refractivity contribution in [1.82, 2.24) is 5.43 Å². The van der Waals surface area contributed by atoms with Crippen molar-refractivity contribution < 1.29 is 47.7 Å². The molecule has 0 atom stereocenters. The minimum Gasteiger partial charge on any atom is -0.494 e. The fourth-order valence-corrected chi connectivity index (χ4v) is 6.98. The zero-order valence-corrected chi connectivity index (χ0v) is 31.4. The summed E-state index contributed by atoms with van der Waals surface area (Å²) < 4.78 is 28.5. The minimum atomic E-state index is -0.405. The van der Waals surface area contributed by atoms with Crippen LogP contribution < -0.4 is 24.4 Å². The van der Waals surface area contributed by atoms with E-state index in [9.17, 15) is 24.0 Å². The number of nitrogens with one attached hydrogen (secondary N) is 1. The lowest BCUT2D eigenvalue weighted by Gasteiger charge is -2.26. The van der Waals surface area contributed by atoms with Gasteiger partial charge >= 0.3 is 23.9 Å². The highest BCUT2D eigenvalue weighted by atomic mass is 16.5. The first kappa shape index (κ1) is 40.7. The highest BCUT2D eigenvalue weighted by Crippen LogP contribution is 2.39. The molecule has 55 heavy (non-hydrogen) atoms. The number of unbranched alkanes of at least 4 members (excludes halogenated alkanes) is 3. The molecule has 12 nitrogen and oxygen atoms in total. The number of hydrogen-bond donors (Lipinski definition) is 1. The second-order valence-corrected chi connectivity index (χ2v) is 14.0. The van der Waals surface area contributed by atoms with Gasteiger partial charge in [-0.1, -0.05) is 30.8 Å². The molecule has 2 saturated carbocycles. The predicted molar refractivity (Wildman–Crippen MR) is 206 cm³/mol. The van der Waals surface area contributed by atoms with E-state index in [4.69, 9.17) is 23.7 Å². The van der Waals surface area contributed by atoms with E-state index in [-0.39, 0.29) is 29.7 Å². The molecule has 0 saturated heterocycles. The molecule has 292 valence electrons. The minimum absolute atomic E-state index is 0.0196. The molecular weight excluding hydrogens is 704 g/mol. The quantitative estimate of drug-likeness (QED) is 0.0265. The number of hydrogen-bond acceptors (Lipinski definition) is 12. The largest absolute Gasteiger partial charge is 0.494 e. The second kappa shape index (κ2) is 20.8. The molecule has 1 N–H and O–H groups in total. The number of esters is 4. The topological polar surface area (TPSA) is 156 Å². The maximum Gasteiger partial charge on any atom is 0.330 e. The zero-order chi connectivity index (χ0) is 39.0. The molecule has 0 aromatic heterocycles. The Balaban J connectivity index is 1.11. The van der Waals surface area contributed by atoms with Crippen LogP contribution in [0, 0.1) is 23.7 Å². The molecule has 0 spiro atoms. The molecule has 5 rings (SSSR count). The highest BCUT2D eigenvalue weighted by molar-refractivity contribution is 6.03. The summed E-state index contributed by atoms with van der Waals surface area (Å²) in [5, 5.41) is 5.35. The van der Waals surface area contributed by atoms with Gasteiger partial charge in [0.1, 0.15) is 29.3 Å². The van der Waals surface area contributed by atoms with E-state index in [2.05, 4.69) is 17.1 Å². The van der Waals surface area contributed by atoms with Crippen LogP contribution in [0.4, 0.5) is 0 Å². The number of nitrogens with zero attached hydrogens (tertiary/aromatic N) is 1. The molecule has 0 unspecified atom stereocenters. The smallest absolute Gasteiger partial charge is 0.330 e. The van der Waals surface area contributed by atoms with E-state index < -0.39 is 17.9 Å². The van der Waals surface area contributed by atoms with Gasteiger partial charge in [-0.25, -0.2) is 4.79 Å². The van der Waals surface area contributed by atoms with Gasteiger partial charge in [-0.3, -0.25) is 14.4 Å². The number of hydrazone groups is 1.